The van der Waals surface area contributed by atoms with E-state index in [0.29, 0.717) is 17.9 Å². The van der Waals surface area contributed by atoms with E-state index in [-0.39, 0.29) is 11.7 Å². The molecule has 20 heavy (non-hydrogen) atoms. The normalized spacial score (nSPS) is 11.8. The molecule has 4 heteroatoms. The highest BCUT2D eigenvalue weighted by Gasteiger charge is 2.15. The minimum absolute atomic E-state index is 0.0185. The molecule has 1 aromatic carbocycles. The van der Waals surface area contributed by atoms with Gasteiger partial charge in [-0.05, 0) is 51.0 Å². The summed E-state index contributed by atoms with van der Waals surface area (Å²) in [5.41, 5.74) is 1.50. The maximum atomic E-state index is 11.8. The average molecular weight is 277 g/mol. The lowest BCUT2D eigenvalue weighted by Crippen LogP contribution is -2.36. The van der Waals surface area contributed by atoms with Gasteiger partial charge in [0.2, 0.25) is 0 Å². The van der Waals surface area contributed by atoms with Crippen molar-refractivity contribution < 1.29 is 14.3 Å². The molecule has 0 aromatic heterocycles. The van der Waals surface area contributed by atoms with Crippen LogP contribution in [0.25, 0.3) is 0 Å². The maximum absolute atomic E-state index is 11.8. The van der Waals surface area contributed by atoms with Gasteiger partial charge in [0.1, 0.15) is 5.75 Å². The fourth-order valence-electron chi connectivity index (χ4n) is 1.78. The third-order valence-electron chi connectivity index (χ3n) is 3.08. The monoisotopic (exact) mass is 277 g/mol. The first-order chi connectivity index (χ1) is 9.45. The van der Waals surface area contributed by atoms with E-state index in [4.69, 9.17) is 4.74 Å². The number of nitrogens with one attached hydrogen (secondary N) is 1. The predicted octanol–water partition coefficient (Wildman–Crippen LogP) is 2.88. The van der Waals surface area contributed by atoms with E-state index < -0.39 is 6.10 Å². The van der Waals surface area contributed by atoms with E-state index in [1.807, 2.05) is 6.92 Å². The van der Waals surface area contributed by atoms with E-state index in [1.165, 1.54) is 6.92 Å². The third-order valence-corrected chi connectivity index (χ3v) is 3.08. The number of rotatable bonds is 7. The second-order valence-corrected chi connectivity index (χ2v) is 4.94. The highest BCUT2D eigenvalue weighted by molar-refractivity contribution is 5.94. The summed E-state index contributed by atoms with van der Waals surface area (Å²) in [5, 5.41) is 2.83. The van der Waals surface area contributed by atoms with Crippen molar-refractivity contribution in [3.8, 4) is 5.75 Å². The molecule has 1 N–H and O–H groups in total. The molecule has 0 aliphatic heterocycles. The van der Waals surface area contributed by atoms with E-state index in [0.717, 1.165) is 18.4 Å². The third kappa shape index (κ3) is 4.68. The summed E-state index contributed by atoms with van der Waals surface area (Å²) in [4.78, 5) is 23.1. The smallest absolute Gasteiger partial charge is 0.260 e. The van der Waals surface area contributed by atoms with Gasteiger partial charge in [-0.2, -0.15) is 0 Å². The number of Topliss-reactive ketones (excluding diaryl/α,β-unsaturated/α-hetero) is 1. The highest BCUT2D eigenvalue weighted by Crippen LogP contribution is 2.20. The van der Waals surface area contributed by atoms with Gasteiger partial charge < -0.3 is 10.1 Å². The molecule has 0 saturated carbocycles. The summed E-state index contributed by atoms with van der Waals surface area (Å²) >= 11 is 0. The van der Waals surface area contributed by atoms with Gasteiger partial charge in [0.15, 0.2) is 11.9 Å². The first-order valence-electron chi connectivity index (χ1n) is 7.01. The van der Waals surface area contributed by atoms with Crippen LogP contribution in [0.1, 0.15) is 49.5 Å². The van der Waals surface area contributed by atoms with Crippen LogP contribution < -0.4 is 10.1 Å². The van der Waals surface area contributed by atoms with Crippen molar-refractivity contribution in [1.82, 2.24) is 5.32 Å². The molecule has 0 saturated heterocycles. The molecule has 0 aliphatic carbocycles. The second-order valence-electron chi connectivity index (χ2n) is 4.94. The molecule has 0 heterocycles. The molecule has 0 fully saturated rings. The van der Waals surface area contributed by atoms with Gasteiger partial charge in [-0.15, -0.1) is 0 Å². The highest BCUT2D eigenvalue weighted by atomic mass is 16.5. The van der Waals surface area contributed by atoms with E-state index >= 15 is 0 Å². The van der Waals surface area contributed by atoms with Crippen LogP contribution in [-0.4, -0.2) is 24.3 Å². The largest absolute Gasteiger partial charge is 0.481 e. The summed E-state index contributed by atoms with van der Waals surface area (Å²) < 4.78 is 5.65. The van der Waals surface area contributed by atoms with E-state index in [9.17, 15) is 9.59 Å². The Bertz CT molecular complexity index is 483. The van der Waals surface area contributed by atoms with Crippen molar-refractivity contribution >= 4 is 11.7 Å². The van der Waals surface area contributed by atoms with Crippen LogP contribution in [0.5, 0.6) is 5.75 Å². The van der Waals surface area contributed by atoms with Crippen LogP contribution in [-0.2, 0) is 4.79 Å². The molecule has 1 atom stereocenters. The van der Waals surface area contributed by atoms with Gasteiger partial charge >= 0.3 is 0 Å². The van der Waals surface area contributed by atoms with Crippen LogP contribution in [0.15, 0.2) is 18.2 Å². The number of carbonyl (C=O) groups is 2. The minimum Gasteiger partial charge on any atom is -0.481 e. The molecule has 0 spiro atoms. The fourth-order valence-corrected chi connectivity index (χ4v) is 1.78. The van der Waals surface area contributed by atoms with Crippen molar-refractivity contribution in [2.45, 2.75) is 46.6 Å². The fraction of sp³-hybridized carbons (Fsp3) is 0.500. The van der Waals surface area contributed by atoms with Crippen LogP contribution >= 0.6 is 0 Å². The Labute approximate surface area is 120 Å². The first kappa shape index (κ1) is 16.2. The van der Waals surface area contributed by atoms with Crippen molar-refractivity contribution in [2.75, 3.05) is 6.54 Å². The predicted molar refractivity (Wildman–Crippen MR) is 79.2 cm³/mol. The second kappa shape index (κ2) is 7.68. The molecule has 1 aromatic rings. The summed E-state index contributed by atoms with van der Waals surface area (Å²) in [6.45, 7) is 7.86. The molecule has 0 bridgehead atoms. The molecule has 0 aliphatic rings. The average Bonchev–Trinajstić information content (AvgIpc) is 2.40. The lowest BCUT2D eigenvalue weighted by Gasteiger charge is -2.16. The number of hydrogen-bond donors (Lipinski definition) is 1. The number of benzene rings is 1. The Morgan fingerprint density at radius 3 is 2.60 bits per heavy atom. The Hall–Kier alpha value is -1.84. The molecule has 1 unspecified atom stereocenters. The van der Waals surface area contributed by atoms with E-state index in [2.05, 4.69) is 12.2 Å². The summed E-state index contributed by atoms with van der Waals surface area (Å²) in [6, 6.07) is 5.23. The van der Waals surface area contributed by atoms with Crippen LogP contribution in [0.3, 0.4) is 0 Å². The maximum Gasteiger partial charge on any atom is 0.260 e. The van der Waals surface area contributed by atoms with Crippen molar-refractivity contribution in [3.05, 3.63) is 29.3 Å². The van der Waals surface area contributed by atoms with Crippen molar-refractivity contribution in [1.29, 1.82) is 0 Å². The van der Waals surface area contributed by atoms with Gasteiger partial charge in [-0.1, -0.05) is 13.3 Å². The number of amides is 1. The topological polar surface area (TPSA) is 55.4 Å². The van der Waals surface area contributed by atoms with Crippen LogP contribution in [0, 0.1) is 6.92 Å². The van der Waals surface area contributed by atoms with E-state index in [1.54, 1.807) is 25.1 Å². The zero-order valence-corrected chi connectivity index (χ0v) is 12.7. The molecule has 1 rings (SSSR count). The Balaban J connectivity index is 2.63. The van der Waals surface area contributed by atoms with Gasteiger partial charge in [-0.3, -0.25) is 9.59 Å². The van der Waals surface area contributed by atoms with Gasteiger partial charge in [0, 0.05) is 12.1 Å². The number of ether oxygens (including phenoxy) is 1. The van der Waals surface area contributed by atoms with Crippen molar-refractivity contribution in [3.63, 3.8) is 0 Å². The van der Waals surface area contributed by atoms with Crippen LogP contribution in [0.2, 0.25) is 0 Å². The summed E-state index contributed by atoms with van der Waals surface area (Å²) in [7, 11) is 0. The Morgan fingerprint density at radius 1 is 1.35 bits per heavy atom. The zero-order chi connectivity index (χ0) is 15.1. The first-order valence-corrected chi connectivity index (χ1v) is 7.01. The number of unbranched alkanes of at least 4 members (excludes halogenated alkanes) is 1. The Kier molecular flexibility index (Phi) is 6.22. The number of hydrogen-bond acceptors (Lipinski definition) is 3. The van der Waals surface area contributed by atoms with Crippen molar-refractivity contribution in [2.24, 2.45) is 0 Å². The summed E-state index contributed by atoms with van der Waals surface area (Å²) in [6.07, 6.45) is 1.46. The Morgan fingerprint density at radius 2 is 2.05 bits per heavy atom. The quantitative estimate of drug-likeness (QED) is 0.616. The lowest BCUT2D eigenvalue weighted by molar-refractivity contribution is -0.127. The van der Waals surface area contributed by atoms with Gasteiger partial charge in [0.05, 0.1) is 0 Å². The standard InChI is InChI=1S/C16H23NO3/c1-5-6-9-17-16(19)13(4)20-15-8-7-14(12(3)18)10-11(15)2/h7-8,10,13H,5-6,9H2,1-4H3,(H,17,19). The molecule has 4 nitrogen and oxygen atoms in total. The van der Waals surface area contributed by atoms with Crippen LogP contribution in [0.4, 0.5) is 0 Å². The SMILES string of the molecule is CCCCNC(=O)C(C)Oc1ccc(C(C)=O)cc1C. The number of carbonyl (C=O) groups excluding carboxylic acids is 2. The molecule has 1 amide bonds. The zero-order valence-electron chi connectivity index (χ0n) is 12.7. The number of aryl methyl sites for hydroxylation is 1. The minimum atomic E-state index is -0.547. The molecular weight excluding hydrogens is 254 g/mol. The number of ketones is 1. The van der Waals surface area contributed by atoms with Gasteiger partial charge in [0.25, 0.3) is 5.91 Å². The molecule has 0 radical (unpaired) electrons. The molecule has 110 valence electrons. The summed E-state index contributed by atoms with van der Waals surface area (Å²) in [5.74, 6) is 0.534. The molecular formula is C16H23NO3. The lowest BCUT2D eigenvalue weighted by atomic mass is 10.1. The van der Waals surface area contributed by atoms with Gasteiger partial charge in [-0.25, -0.2) is 0 Å².